The van der Waals surface area contributed by atoms with E-state index in [9.17, 15) is 29.4 Å². The third-order valence-electron chi connectivity index (χ3n) is 3.52. The Morgan fingerprint density at radius 1 is 0.613 bits per heavy atom. The van der Waals surface area contributed by atoms with Gasteiger partial charge in [0, 0.05) is 48.8 Å². The molecule has 0 aromatic carbocycles. The monoisotopic (exact) mass is 482 g/mol. The summed E-state index contributed by atoms with van der Waals surface area (Å²) in [6, 6.07) is 0. The second-order valence-electron chi connectivity index (χ2n) is 7.24. The van der Waals surface area contributed by atoms with E-state index in [-0.39, 0.29) is 57.3 Å². The van der Waals surface area contributed by atoms with Crippen molar-refractivity contribution in [2.75, 3.05) is 0 Å². The molecule has 0 rings (SSSR count). The van der Waals surface area contributed by atoms with Crippen molar-refractivity contribution in [3.63, 3.8) is 0 Å². The molecule has 182 valence electrons. The number of rotatable bonds is 10. The molecule has 0 heterocycles. The fourth-order valence-electron chi connectivity index (χ4n) is 2.06. The molecule has 0 saturated heterocycles. The number of hydrogen-bond acceptors (Lipinski definition) is 8. The van der Waals surface area contributed by atoms with Crippen molar-refractivity contribution in [1.82, 2.24) is 0 Å². The Kier molecular flexibility index (Phi) is 35.0. The molecule has 0 radical (unpaired) electrons. The Balaban J connectivity index is -0.000000106. The number of hydrogen-bond donors (Lipinski definition) is 2. The molecule has 0 aliphatic heterocycles. The number of aliphatic hydroxyl groups excluding tert-OH is 2. The number of ketones is 2. The SMILES string of the molecule is CC(C)O.CC(C)O.CCC(CC)C(=O)CC(=O)[O-].CCC(CC)C(=O)CC(=O)[O-].[Ti+2]. The Bertz CT molecular complexity index is 409. The summed E-state index contributed by atoms with van der Waals surface area (Å²) in [4.78, 5) is 42.0. The van der Waals surface area contributed by atoms with E-state index < -0.39 is 24.8 Å². The summed E-state index contributed by atoms with van der Waals surface area (Å²) >= 11 is 0. The molecule has 0 atom stereocenters. The van der Waals surface area contributed by atoms with Crippen molar-refractivity contribution in [3.8, 4) is 0 Å². The van der Waals surface area contributed by atoms with E-state index in [2.05, 4.69) is 0 Å². The van der Waals surface area contributed by atoms with Crippen LogP contribution >= 0.6 is 0 Å². The molecule has 0 aliphatic rings. The molecular formula is C22H42O8Ti. The summed E-state index contributed by atoms with van der Waals surface area (Å²) < 4.78 is 0. The van der Waals surface area contributed by atoms with Gasteiger partial charge >= 0.3 is 21.7 Å². The van der Waals surface area contributed by atoms with Gasteiger partial charge in [-0.2, -0.15) is 0 Å². The smallest absolute Gasteiger partial charge is 0.550 e. The molecule has 0 unspecified atom stereocenters. The molecule has 0 spiro atoms. The minimum Gasteiger partial charge on any atom is -0.550 e. The number of carbonyl (C=O) groups excluding carboxylic acids is 4. The van der Waals surface area contributed by atoms with E-state index in [1.54, 1.807) is 27.7 Å². The number of aliphatic hydroxyl groups is 2. The van der Waals surface area contributed by atoms with Crippen LogP contribution in [0.5, 0.6) is 0 Å². The van der Waals surface area contributed by atoms with Crippen LogP contribution < -0.4 is 10.2 Å². The van der Waals surface area contributed by atoms with Gasteiger partial charge in [0.2, 0.25) is 0 Å². The first-order valence-electron chi connectivity index (χ1n) is 10.5. The van der Waals surface area contributed by atoms with Crippen LogP contribution in [0.2, 0.25) is 0 Å². The van der Waals surface area contributed by atoms with Gasteiger partial charge in [0.1, 0.15) is 11.6 Å². The number of carbonyl (C=O) groups is 4. The molecule has 31 heavy (non-hydrogen) atoms. The number of carboxylic acids is 2. The largest absolute Gasteiger partial charge is 2.00 e. The van der Waals surface area contributed by atoms with E-state index in [0.29, 0.717) is 25.7 Å². The summed E-state index contributed by atoms with van der Waals surface area (Å²) in [6.45, 7) is 14.4. The summed E-state index contributed by atoms with van der Waals surface area (Å²) in [7, 11) is 0. The molecule has 0 amide bonds. The van der Waals surface area contributed by atoms with Gasteiger partial charge in [0.25, 0.3) is 0 Å². The molecule has 0 aliphatic carbocycles. The maximum absolute atomic E-state index is 11.0. The Morgan fingerprint density at radius 2 is 0.774 bits per heavy atom. The standard InChI is InChI=1S/2C8H14O3.2C3H8O.Ti/c2*1-3-6(4-2)7(9)5-8(10)11;2*1-3(2)4;/h2*6H,3-5H2,1-2H3,(H,10,11);2*3-4H,1-2H3;/q;;;;+2/p-2. The summed E-state index contributed by atoms with van der Waals surface area (Å²) in [6.07, 6.45) is 1.63. The van der Waals surface area contributed by atoms with Gasteiger partial charge in [0.15, 0.2) is 0 Å². The summed E-state index contributed by atoms with van der Waals surface area (Å²) in [5, 5.41) is 36.1. The summed E-state index contributed by atoms with van der Waals surface area (Å²) in [5.74, 6) is -3.19. The topological polar surface area (TPSA) is 155 Å². The number of carboxylic acid groups (broad SMARTS) is 2. The van der Waals surface area contributed by atoms with Gasteiger partial charge in [-0.15, -0.1) is 0 Å². The zero-order valence-electron chi connectivity index (χ0n) is 20.4. The van der Waals surface area contributed by atoms with Crippen molar-refractivity contribution in [2.24, 2.45) is 11.8 Å². The molecule has 0 aromatic heterocycles. The first-order valence-corrected chi connectivity index (χ1v) is 10.5. The first kappa shape index (κ1) is 40.3. The minimum absolute atomic E-state index is 0. The van der Waals surface area contributed by atoms with Gasteiger partial charge in [-0.05, 0) is 53.4 Å². The van der Waals surface area contributed by atoms with Crippen LogP contribution in [0.1, 0.15) is 93.9 Å². The fourth-order valence-corrected chi connectivity index (χ4v) is 2.06. The zero-order chi connectivity index (χ0) is 24.9. The third-order valence-corrected chi connectivity index (χ3v) is 3.52. The maximum atomic E-state index is 11.0. The second-order valence-corrected chi connectivity index (χ2v) is 7.24. The Morgan fingerprint density at radius 3 is 0.871 bits per heavy atom. The van der Waals surface area contributed by atoms with Crippen LogP contribution in [0, 0.1) is 11.8 Å². The molecule has 8 nitrogen and oxygen atoms in total. The molecule has 0 saturated carbocycles. The van der Waals surface area contributed by atoms with Gasteiger partial charge in [-0.1, -0.05) is 27.7 Å². The van der Waals surface area contributed by atoms with Crippen LogP contribution in [-0.2, 0) is 40.9 Å². The Labute approximate surface area is 202 Å². The quantitative estimate of drug-likeness (QED) is 0.346. The van der Waals surface area contributed by atoms with Gasteiger partial charge < -0.3 is 30.0 Å². The van der Waals surface area contributed by atoms with Crippen LogP contribution in [0.15, 0.2) is 0 Å². The molecule has 9 heteroatoms. The van der Waals surface area contributed by atoms with Crippen LogP contribution in [0.4, 0.5) is 0 Å². The third kappa shape index (κ3) is 39.9. The normalized spacial score (nSPS) is 9.48. The fraction of sp³-hybridized carbons (Fsp3) is 0.818. The van der Waals surface area contributed by atoms with Crippen LogP contribution in [-0.4, -0.2) is 45.9 Å². The Hall–Kier alpha value is -1.09. The van der Waals surface area contributed by atoms with Crippen LogP contribution in [0.25, 0.3) is 0 Å². The second kappa shape index (κ2) is 26.9. The van der Waals surface area contributed by atoms with Crippen molar-refractivity contribution >= 4 is 23.5 Å². The predicted molar refractivity (Wildman–Crippen MR) is 112 cm³/mol. The molecule has 0 aromatic rings. The molecule has 2 N–H and O–H groups in total. The average Bonchev–Trinajstić information content (AvgIpc) is 2.55. The maximum Gasteiger partial charge on any atom is 2.00 e. The first-order chi connectivity index (χ1) is 13.7. The zero-order valence-corrected chi connectivity index (χ0v) is 22.0. The van der Waals surface area contributed by atoms with Crippen molar-refractivity contribution in [3.05, 3.63) is 0 Å². The number of aliphatic carboxylic acids is 2. The van der Waals surface area contributed by atoms with Gasteiger partial charge in [-0.25, -0.2) is 0 Å². The predicted octanol–water partition coefficient (Wildman–Crippen LogP) is 1.04. The van der Waals surface area contributed by atoms with Crippen molar-refractivity contribution < 1.29 is 61.3 Å². The van der Waals surface area contributed by atoms with E-state index in [1.165, 1.54) is 0 Å². The van der Waals surface area contributed by atoms with Gasteiger partial charge in [0.05, 0.1) is 0 Å². The van der Waals surface area contributed by atoms with Crippen molar-refractivity contribution in [1.29, 1.82) is 0 Å². The minimum atomic E-state index is -1.28. The average molecular weight is 482 g/mol. The van der Waals surface area contributed by atoms with E-state index in [4.69, 9.17) is 10.2 Å². The number of Topliss-reactive ketones (excluding diaryl/α,β-unsaturated/α-hetero) is 2. The van der Waals surface area contributed by atoms with E-state index in [0.717, 1.165) is 0 Å². The molecular weight excluding hydrogens is 440 g/mol. The van der Waals surface area contributed by atoms with E-state index >= 15 is 0 Å². The molecule has 0 fully saturated rings. The van der Waals surface area contributed by atoms with Crippen LogP contribution in [0.3, 0.4) is 0 Å². The summed E-state index contributed by atoms with van der Waals surface area (Å²) in [5.41, 5.74) is 0. The van der Waals surface area contributed by atoms with E-state index in [1.807, 2.05) is 27.7 Å². The molecule has 0 bridgehead atoms. The van der Waals surface area contributed by atoms with Crippen molar-refractivity contribution in [2.45, 2.75) is 106 Å². The van der Waals surface area contributed by atoms with Gasteiger partial charge in [-0.3, -0.25) is 9.59 Å².